The van der Waals surface area contributed by atoms with Gasteiger partial charge in [-0.15, -0.1) is 0 Å². The number of aliphatic hydroxyl groups excluding tert-OH is 2. The summed E-state index contributed by atoms with van der Waals surface area (Å²) in [6.45, 7) is 2.60. The molecule has 0 bridgehead atoms. The summed E-state index contributed by atoms with van der Waals surface area (Å²) in [5.41, 5.74) is -5.48. The van der Waals surface area contributed by atoms with E-state index in [1.807, 2.05) is 6.92 Å². The third-order valence-corrected chi connectivity index (χ3v) is 10.5. The standard InChI is InChI=1S/C30H35F2NO5/c1-27-11-9-19(35)13-22(27)23(31)14-21-20-10-12-29(25(37)16-34,28(20,2)15-24(36)30(21,27)32)17-33(3)26(38)18-7-5-4-6-8-18/h4-9,11,13,20-21,23-24,34,36H,10,12,14-17H2,1-3H3/t20?,21?,23-,24-,27-,28-,29-,30-/m0/s1. The molecule has 2 N–H and O–H groups in total. The number of hydrogen-bond donors (Lipinski definition) is 2. The van der Waals surface area contributed by atoms with Gasteiger partial charge >= 0.3 is 0 Å². The van der Waals surface area contributed by atoms with Crippen LogP contribution in [0, 0.1) is 28.1 Å². The molecule has 0 heterocycles. The van der Waals surface area contributed by atoms with E-state index in [2.05, 4.69) is 0 Å². The number of ketones is 2. The summed E-state index contributed by atoms with van der Waals surface area (Å²) in [4.78, 5) is 40.2. The van der Waals surface area contributed by atoms with Crippen LogP contribution in [0.1, 0.15) is 49.9 Å². The Morgan fingerprint density at radius 2 is 1.84 bits per heavy atom. The number of Topliss-reactive ketones (excluding diaryl/α,β-unsaturated/α-hetero) is 1. The van der Waals surface area contributed by atoms with E-state index in [9.17, 15) is 24.6 Å². The summed E-state index contributed by atoms with van der Waals surface area (Å²) >= 11 is 0. The van der Waals surface area contributed by atoms with E-state index in [0.717, 1.165) is 6.08 Å². The summed E-state index contributed by atoms with van der Waals surface area (Å²) < 4.78 is 33.0. The Balaban J connectivity index is 1.56. The molecule has 0 aliphatic heterocycles. The number of halogens is 2. The maximum atomic E-state index is 17.4. The molecule has 0 aromatic heterocycles. The zero-order valence-electron chi connectivity index (χ0n) is 22.0. The number of hydrogen-bond acceptors (Lipinski definition) is 5. The van der Waals surface area contributed by atoms with Gasteiger partial charge < -0.3 is 15.1 Å². The number of amides is 1. The Hall–Kier alpha value is -2.71. The minimum absolute atomic E-state index is 0.0122. The van der Waals surface area contributed by atoms with Crippen LogP contribution in [0.4, 0.5) is 8.78 Å². The molecule has 8 atom stereocenters. The van der Waals surface area contributed by atoms with Crippen LogP contribution >= 0.6 is 0 Å². The van der Waals surface area contributed by atoms with E-state index in [0.29, 0.717) is 12.0 Å². The number of benzene rings is 1. The van der Waals surface area contributed by atoms with Gasteiger partial charge in [0, 0.05) is 30.5 Å². The van der Waals surface area contributed by atoms with Crippen molar-refractivity contribution >= 4 is 17.5 Å². The Morgan fingerprint density at radius 3 is 2.50 bits per heavy atom. The Kier molecular flexibility index (Phi) is 6.31. The van der Waals surface area contributed by atoms with Gasteiger partial charge in [0.05, 0.1) is 11.5 Å². The molecule has 0 radical (unpaired) electrons. The van der Waals surface area contributed by atoms with Crippen LogP contribution < -0.4 is 0 Å². The summed E-state index contributed by atoms with van der Waals surface area (Å²) in [5, 5.41) is 21.6. The van der Waals surface area contributed by atoms with Crippen LogP contribution in [0.15, 0.2) is 54.1 Å². The molecule has 0 saturated heterocycles. The molecule has 4 aliphatic rings. The van der Waals surface area contributed by atoms with E-state index in [1.54, 1.807) is 44.3 Å². The lowest BCUT2D eigenvalue weighted by Gasteiger charge is -2.63. The lowest BCUT2D eigenvalue weighted by atomic mass is 9.43. The predicted octanol–water partition coefficient (Wildman–Crippen LogP) is 3.63. The van der Waals surface area contributed by atoms with E-state index in [-0.39, 0.29) is 37.3 Å². The molecular weight excluding hydrogens is 492 g/mol. The lowest BCUT2D eigenvalue weighted by molar-refractivity contribution is -0.212. The van der Waals surface area contributed by atoms with Crippen molar-refractivity contribution in [3.63, 3.8) is 0 Å². The first-order valence-electron chi connectivity index (χ1n) is 13.3. The number of rotatable bonds is 5. The first kappa shape index (κ1) is 26.9. The van der Waals surface area contributed by atoms with Crippen molar-refractivity contribution in [1.29, 1.82) is 0 Å². The summed E-state index contributed by atoms with van der Waals surface area (Å²) in [6, 6.07) is 8.64. The second kappa shape index (κ2) is 8.91. The third kappa shape index (κ3) is 3.38. The fraction of sp³-hybridized carbons (Fsp3) is 0.567. The maximum Gasteiger partial charge on any atom is 0.253 e. The SMILES string of the molecule is CN(C[C@]1(C(=O)CO)CCC2C3C[C@H](F)C4=CC(=O)C=C[C@]4(C)[C@@]3(F)[C@@H](O)C[C@@]21C)C(=O)c1ccccc1. The predicted molar refractivity (Wildman–Crippen MR) is 137 cm³/mol. The molecule has 3 saturated carbocycles. The smallest absolute Gasteiger partial charge is 0.253 e. The molecule has 38 heavy (non-hydrogen) atoms. The van der Waals surface area contributed by atoms with Crippen molar-refractivity contribution in [2.45, 2.75) is 57.5 Å². The number of allylic oxidation sites excluding steroid dienone is 4. The van der Waals surface area contributed by atoms with E-state index in [1.165, 1.54) is 17.1 Å². The van der Waals surface area contributed by atoms with Gasteiger partial charge in [-0.3, -0.25) is 14.4 Å². The minimum atomic E-state index is -2.24. The van der Waals surface area contributed by atoms with Gasteiger partial charge in [-0.1, -0.05) is 31.2 Å². The van der Waals surface area contributed by atoms with Gasteiger partial charge in [0.25, 0.3) is 5.91 Å². The van der Waals surface area contributed by atoms with Crippen LogP contribution in [0.25, 0.3) is 0 Å². The highest BCUT2D eigenvalue weighted by Gasteiger charge is 2.75. The average Bonchev–Trinajstić information content (AvgIpc) is 3.18. The van der Waals surface area contributed by atoms with Crippen LogP contribution in [0.3, 0.4) is 0 Å². The summed E-state index contributed by atoms with van der Waals surface area (Å²) in [5.74, 6) is -2.56. The number of aliphatic hydroxyl groups is 2. The molecule has 1 aromatic carbocycles. The molecule has 4 aliphatic carbocycles. The summed E-state index contributed by atoms with van der Waals surface area (Å²) in [7, 11) is 1.59. The topological polar surface area (TPSA) is 94.9 Å². The average molecular weight is 528 g/mol. The first-order valence-corrected chi connectivity index (χ1v) is 13.3. The number of carbonyl (C=O) groups is 3. The van der Waals surface area contributed by atoms with Gasteiger partial charge in [-0.05, 0) is 73.8 Å². The molecule has 6 nitrogen and oxygen atoms in total. The number of carbonyl (C=O) groups excluding carboxylic acids is 3. The fourth-order valence-electron chi connectivity index (χ4n) is 8.56. The number of alkyl halides is 2. The molecule has 5 rings (SSSR count). The molecule has 8 heteroatoms. The normalized spacial score (nSPS) is 41.6. The largest absolute Gasteiger partial charge is 0.390 e. The monoisotopic (exact) mass is 527 g/mol. The third-order valence-electron chi connectivity index (χ3n) is 10.5. The second-order valence-electron chi connectivity index (χ2n) is 12.1. The van der Waals surface area contributed by atoms with Gasteiger partial charge in [0.15, 0.2) is 17.2 Å². The zero-order chi connectivity index (χ0) is 27.7. The van der Waals surface area contributed by atoms with Crippen molar-refractivity contribution in [2.24, 2.45) is 28.1 Å². The molecule has 1 amide bonds. The minimum Gasteiger partial charge on any atom is -0.390 e. The first-order chi connectivity index (χ1) is 17.9. The van der Waals surface area contributed by atoms with Crippen molar-refractivity contribution in [3.05, 3.63) is 59.7 Å². The highest BCUT2D eigenvalue weighted by molar-refractivity contribution is 6.01. The second-order valence-corrected chi connectivity index (χ2v) is 12.1. The van der Waals surface area contributed by atoms with Gasteiger partial charge in [0.2, 0.25) is 0 Å². The van der Waals surface area contributed by atoms with Crippen LogP contribution in [-0.4, -0.2) is 70.7 Å². The van der Waals surface area contributed by atoms with Crippen molar-refractivity contribution < 1.29 is 33.4 Å². The van der Waals surface area contributed by atoms with Crippen LogP contribution in [-0.2, 0) is 9.59 Å². The van der Waals surface area contributed by atoms with E-state index in [4.69, 9.17) is 0 Å². The van der Waals surface area contributed by atoms with Gasteiger partial charge in [0.1, 0.15) is 12.8 Å². The zero-order valence-corrected chi connectivity index (χ0v) is 22.0. The highest BCUT2D eigenvalue weighted by Crippen LogP contribution is 2.72. The molecule has 2 unspecified atom stereocenters. The Morgan fingerprint density at radius 1 is 1.16 bits per heavy atom. The van der Waals surface area contributed by atoms with Crippen molar-refractivity contribution in [1.82, 2.24) is 4.90 Å². The molecule has 1 aromatic rings. The van der Waals surface area contributed by atoms with Crippen LogP contribution in [0.5, 0.6) is 0 Å². The number of nitrogens with zero attached hydrogens (tertiary/aromatic N) is 1. The van der Waals surface area contributed by atoms with Crippen molar-refractivity contribution in [2.75, 3.05) is 20.2 Å². The highest BCUT2D eigenvalue weighted by atomic mass is 19.1. The van der Waals surface area contributed by atoms with Crippen LogP contribution in [0.2, 0.25) is 0 Å². The molecular formula is C30H35F2NO5. The molecule has 204 valence electrons. The van der Waals surface area contributed by atoms with Crippen molar-refractivity contribution in [3.8, 4) is 0 Å². The van der Waals surface area contributed by atoms with Gasteiger partial charge in [-0.25, -0.2) is 8.78 Å². The van der Waals surface area contributed by atoms with Gasteiger partial charge in [-0.2, -0.15) is 0 Å². The van der Waals surface area contributed by atoms with E-state index >= 15 is 8.78 Å². The van der Waals surface area contributed by atoms with E-state index < -0.39 is 64.2 Å². The number of fused-ring (bicyclic) bond motifs is 5. The Labute approximate surface area is 221 Å². The quantitative estimate of drug-likeness (QED) is 0.610. The lowest BCUT2D eigenvalue weighted by Crippen LogP contribution is -2.70. The molecule has 0 spiro atoms. The fourth-order valence-corrected chi connectivity index (χ4v) is 8.56. The molecule has 3 fully saturated rings. The Bertz CT molecular complexity index is 1230. The maximum absolute atomic E-state index is 17.4. The summed E-state index contributed by atoms with van der Waals surface area (Å²) in [6.07, 6.45) is 1.04.